The van der Waals surface area contributed by atoms with Crippen LogP contribution in [0.2, 0.25) is 0 Å². The number of nitrogens with zero attached hydrogens (tertiary/aromatic N) is 1. The van der Waals surface area contributed by atoms with E-state index in [4.69, 9.17) is 5.11 Å². The van der Waals surface area contributed by atoms with Gasteiger partial charge >= 0.3 is 12.0 Å². The zero-order chi connectivity index (χ0) is 15.3. The maximum absolute atomic E-state index is 12.2. The van der Waals surface area contributed by atoms with Crippen molar-refractivity contribution < 1.29 is 14.7 Å². The van der Waals surface area contributed by atoms with Crippen LogP contribution in [0.4, 0.5) is 10.5 Å². The van der Waals surface area contributed by atoms with Crippen LogP contribution in [0.15, 0.2) is 24.3 Å². The molecule has 1 aromatic rings. The molecule has 0 spiro atoms. The van der Waals surface area contributed by atoms with Gasteiger partial charge in [0.25, 0.3) is 0 Å². The highest BCUT2D eigenvalue weighted by Gasteiger charge is 2.35. The molecule has 1 aromatic carbocycles. The Hall–Kier alpha value is -2.04. The number of amides is 2. The lowest BCUT2D eigenvalue weighted by Crippen LogP contribution is -2.52. The Labute approximate surface area is 119 Å². The summed E-state index contributed by atoms with van der Waals surface area (Å²) in [5.41, 5.74) is 0.515. The molecule has 0 bridgehead atoms. The Morgan fingerprint density at radius 2 is 1.90 bits per heavy atom. The zero-order valence-corrected chi connectivity index (χ0v) is 12.4. The van der Waals surface area contributed by atoms with Crippen molar-refractivity contribution in [2.75, 3.05) is 12.4 Å². The molecule has 1 rings (SSSR count). The smallest absolute Gasteiger partial charge is 0.329 e. The molecule has 0 aliphatic rings. The summed E-state index contributed by atoms with van der Waals surface area (Å²) >= 11 is 0. The number of carbonyl (C=O) groups excluding carboxylic acids is 1. The molecule has 2 N–H and O–H groups in total. The van der Waals surface area contributed by atoms with Gasteiger partial charge in [-0.25, -0.2) is 9.59 Å². The topological polar surface area (TPSA) is 69.6 Å². The molecule has 110 valence electrons. The number of para-hydroxylation sites is 1. The van der Waals surface area contributed by atoms with Gasteiger partial charge in [0.05, 0.1) is 0 Å². The lowest BCUT2D eigenvalue weighted by Gasteiger charge is -2.31. The van der Waals surface area contributed by atoms with Crippen molar-refractivity contribution in [3.63, 3.8) is 0 Å². The Balaban J connectivity index is 2.88. The quantitative estimate of drug-likeness (QED) is 0.870. The van der Waals surface area contributed by atoms with Crippen molar-refractivity contribution in [3.8, 4) is 0 Å². The first-order valence-corrected chi connectivity index (χ1v) is 6.66. The third kappa shape index (κ3) is 3.50. The number of anilines is 1. The summed E-state index contributed by atoms with van der Waals surface area (Å²) in [5.74, 6) is -1.04. The average Bonchev–Trinajstić information content (AvgIpc) is 2.40. The van der Waals surface area contributed by atoms with E-state index in [0.29, 0.717) is 0 Å². The van der Waals surface area contributed by atoms with Crippen molar-refractivity contribution in [3.05, 3.63) is 29.8 Å². The van der Waals surface area contributed by atoms with Crippen LogP contribution in [0.1, 0.15) is 32.8 Å². The standard InChI is InChI=1S/C15H22N2O3/c1-5-8-11-9-6-7-10-12(11)16-14(20)17(4)15(2,3)13(18)19/h6-7,9-10H,5,8H2,1-4H3,(H,16,20)(H,18,19). The van der Waals surface area contributed by atoms with E-state index in [1.165, 1.54) is 25.8 Å². The van der Waals surface area contributed by atoms with E-state index in [2.05, 4.69) is 12.2 Å². The maximum Gasteiger partial charge on any atom is 0.329 e. The summed E-state index contributed by atoms with van der Waals surface area (Å²) < 4.78 is 0. The second-order valence-electron chi connectivity index (χ2n) is 5.26. The molecule has 0 aliphatic heterocycles. The van der Waals surface area contributed by atoms with Gasteiger partial charge in [-0.05, 0) is 31.9 Å². The van der Waals surface area contributed by atoms with Gasteiger partial charge in [-0.3, -0.25) is 0 Å². The zero-order valence-electron chi connectivity index (χ0n) is 12.4. The number of carboxylic acid groups (broad SMARTS) is 1. The monoisotopic (exact) mass is 278 g/mol. The van der Waals surface area contributed by atoms with E-state index < -0.39 is 17.5 Å². The van der Waals surface area contributed by atoms with Crippen molar-refractivity contribution >= 4 is 17.7 Å². The summed E-state index contributed by atoms with van der Waals surface area (Å²) in [7, 11) is 1.48. The molecule has 0 heterocycles. The molecule has 0 fully saturated rings. The SMILES string of the molecule is CCCc1ccccc1NC(=O)N(C)C(C)(C)C(=O)O. The second-order valence-corrected chi connectivity index (χ2v) is 5.26. The fourth-order valence-corrected chi connectivity index (χ4v) is 1.73. The first kappa shape index (κ1) is 16.0. The third-order valence-corrected chi connectivity index (χ3v) is 3.44. The number of hydrogen-bond donors (Lipinski definition) is 2. The number of likely N-dealkylation sites (N-methyl/N-ethyl adjacent to an activating group) is 1. The van der Waals surface area contributed by atoms with Gasteiger partial charge in [0.2, 0.25) is 0 Å². The van der Waals surface area contributed by atoms with Crippen LogP contribution in [-0.4, -0.2) is 34.6 Å². The van der Waals surface area contributed by atoms with E-state index in [1.54, 1.807) is 0 Å². The molecule has 0 atom stereocenters. The highest BCUT2D eigenvalue weighted by molar-refractivity contribution is 5.94. The number of carbonyl (C=O) groups is 2. The van der Waals surface area contributed by atoms with Crippen LogP contribution in [0.3, 0.4) is 0 Å². The number of aliphatic carboxylic acids is 1. The molecule has 0 radical (unpaired) electrons. The third-order valence-electron chi connectivity index (χ3n) is 3.44. The van der Waals surface area contributed by atoms with Crippen LogP contribution in [0, 0.1) is 0 Å². The average molecular weight is 278 g/mol. The number of aryl methyl sites for hydroxylation is 1. The van der Waals surface area contributed by atoms with Gasteiger partial charge in [-0.1, -0.05) is 31.5 Å². The van der Waals surface area contributed by atoms with Crippen LogP contribution in [-0.2, 0) is 11.2 Å². The van der Waals surface area contributed by atoms with E-state index in [9.17, 15) is 9.59 Å². The Morgan fingerprint density at radius 1 is 1.30 bits per heavy atom. The van der Waals surface area contributed by atoms with Crippen molar-refractivity contribution in [2.24, 2.45) is 0 Å². The number of hydrogen-bond acceptors (Lipinski definition) is 2. The Bertz CT molecular complexity index is 498. The molecule has 0 saturated carbocycles. The maximum atomic E-state index is 12.2. The first-order valence-electron chi connectivity index (χ1n) is 6.66. The summed E-state index contributed by atoms with van der Waals surface area (Å²) in [6, 6.07) is 7.12. The van der Waals surface area contributed by atoms with Gasteiger partial charge in [0, 0.05) is 12.7 Å². The molecule has 0 aliphatic carbocycles. The van der Waals surface area contributed by atoms with Gasteiger partial charge in [-0.2, -0.15) is 0 Å². The summed E-state index contributed by atoms with van der Waals surface area (Å²) in [4.78, 5) is 24.5. The largest absolute Gasteiger partial charge is 0.480 e. The minimum atomic E-state index is -1.26. The highest BCUT2D eigenvalue weighted by Crippen LogP contribution is 2.19. The molecular weight excluding hydrogens is 256 g/mol. The lowest BCUT2D eigenvalue weighted by atomic mass is 10.0. The number of carboxylic acids is 1. The summed E-state index contributed by atoms with van der Waals surface area (Å²) in [5, 5.41) is 11.9. The van der Waals surface area contributed by atoms with Crippen LogP contribution >= 0.6 is 0 Å². The minimum absolute atomic E-state index is 0.430. The molecule has 20 heavy (non-hydrogen) atoms. The number of urea groups is 1. The van der Waals surface area contributed by atoms with Crippen LogP contribution < -0.4 is 5.32 Å². The van der Waals surface area contributed by atoms with Gasteiger partial charge < -0.3 is 15.3 Å². The van der Waals surface area contributed by atoms with Gasteiger partial charge in [0.1, 0.15) is 5.54 Å². The van der Waals surface area contributed by atoms with Crippen molar-refractivity contribution in [1.82, 2.24) is 4.90 Å². The number of benzene rings is 1. The molecule has 5 heteroatoms. The second kappa shape index (κ2) is 6.41. The first-order chi connectivity index (χ1) is 9.30. The lowest BCUT2D eigenvalue weighted by molar-refractivity contribution is -0.146. The summed E-state index contributed by atoms with van der Waals surface area (Å²) in [6.45, 7) is 5.05. The predicted octanol–water partition coefficient (Wildman–Crippen LogP) is 2.97. The fourth-order valence-electron chi connectivity index (χ4n) is 1.73. The van der Waals surface area contributed by atoms with Crippen LogP contribution in [0.5, 0.6) is 0 Å². The molecule has 5 nitrogen and oxygen atoms in total. The van der Waals surface area contributed by atoms with Gasteiger partial charge in [0.15, 0.2) is 0 Å². The molecule has 0 unspecified atom stereocenters. The molecule has 0 aromatic heterocycles. The van der Waals surface area contributed by atoms with Crippen molar-refractivity contribution in [2.45, 2.75) is 39.2 Å². The Morgan fingerprint density at radius 3 is 2.45 bits per heavy atom. The molecule has 2 amide bonds. The van der Waals surface area contributed by atoms with E-state index in [0.717, 1.165) is 24.1 Å². The summed E-state index contributed by atoms with van der Waals surface area (Å²) in [6.07, 6.45) is 1.84. The van der Waals surface area contributed by atoms with E-state index >= 15 is 0 Å². The highest BCUT2D eigenvalue weighted by atomic mass is 16.4. The molecular formula is C15H22N2O3. The molecule has 0 saturated heterocycles. The van der Waals surface area contributed by atoms with E-state index in [-0.39, 0.29) is 0 Å². The van der Waals surface area contributed by atoms with Crippen LogP contribution in [0.25, 0.3) is 0 Å². The fraction of sp³-hybridized carbons (Fsp3) is 0.467. The minimum Gasteiger partial charge on any atom is -0.480 e. The number of nitrogens with one attached hydrogen (secondary N) is 1. The number of rotatable bonds is 5. The predicted molar refractivity (Wildman–Crippen MR) is 78.9 cm³/mol. The van der Waals surface area contributed by atoms with Crippen molar-refractivity contribution in [1.29, 1.82) is 0 Å². The Kier molecular flexibility index (Phi) is 5.13. The normalized spacial score (nSPS) is 11.0. The van der Waals surface area contributed by atoms with E-state index in [1.807, 2.05) is 24.3 Å². The van der Waals surface area contributed by atoms with Gasteiger partial charge in [-0.15, -0.1) is 0 Å².